The smallest absolute Gasteiger partial charge is 0.258 e. The Kier molecular flexibility index (Phi) is 5.59. The van der Waals surface area contributed by atoms with Crippen molar-refractivity contribution in [2.45, 2.75) is 32.6 Å². The minimum absolute atomic E-state index is 0.00515. The zero-order valence-electron chi connectivity index (χ0n) is 15.0. The maximum atomic E-state index is 13.0. The van der Waals surface area contributed by atoms with Crippen LogP contribution in [0.2, 0.25) is 0 Å². The van der Waals surface area contributed by atoms with Gasteiger partial charge >= 0.3 is 0 Å². The Labute approximate surface area is 149 Å². The SMILES string of the molecule is CCCCOc1ccc(C(=O)N2CCCc3ccccc32)cc1OC. The molecule has 132 valence electrons. The van der Waals surface area contributed by atoms with Crippen LogP contribution in [0.5, 0.6) is 11.5 Å². The molecule has 0 saturated heterocycles. The van der Waals surface area contributed by atoms with Crippen molar-refractivity contribution in [1.82, 2.24) is 0 Å². The number of nitrogens with zero attached hydrogens (tertiary/aromatic N) is 1. The van der Waals surface area contributed by atoms with Crippen LogP contribution in [0.4, 0.5) is 5.69 Å². The van der Waals surface area contributed by atoms with Gasteiger partial charge in [-0.1, -0.05) is 31.5 Å². The maximum Gasteiger partial charge on any atom is 0.258 e. The van der Waals surface area contributed by atoms with Crippen LogP contribution >= 0.6 is 0 Å². The van der Waals surface area contributed by atoms with Crippen molar-refractivity contribution < 1.29 is 14.3 Å². The molecule has 0 saturated carbocycles. The molecular weight excluding hydrogens is 314 g/mol. The lowest BCUT2D eigenvalue weighted by molar-refractivity contribution is 0.0984. The van der Waals surface area contributed by atoms with E-state index in [9.17, 15) is 4.79 Å². The molecule has 0 N–H and O–H groups in total. The normalized spacial score (nSPS) is 13.3. The van der Waals surface area contributed by atoms with E-state index in [-0.39, 0.29) is 5.91 Å². The van der Waals surface area contributed by atoms with Gasteiger partial charge in [0.1, 0.15) is 0 Å². The first-order valence-corrected chi connectivity index (χ1v) is 8.95. The number of unbranched alkanes of at least 4 members (excludes halogenated alkanes) is 1. The molecule has 1 amide bonds. The lowest BCUT2D eigenvalue weighted by Gasteiger charge is -2.29. The Bertz CT molecular complexity index is 742. The molecule has 0 bridgehead atoms. The highest BCUT2D eigenvalue weighted by Gasteiger charge is 2.24. The van der Waals surface area contributed by atoms with E-state index in [2.05, 4.69) is 13.0 Å². The van der Waals surface area contributed by atoms with Crippen molar-refractivity contribution in [3.8, 4) is 11.5 Å². The standard InChI is InChI=1S/C21H25NO3/c1-3-4-14-25-19-12-11-17(15-20(19)24-2)21(23)22-13-7-9-16-8-5-6-10-18(16)22/h5-6,8,10-12,15H,3-4,7,9,13-14H2,1-2H3. The largest absolute Gasteiger partial charge is 0.493 e. The number of amides is 1. The van der Waals surface area contributed by atoms with Crippen molar-refractivity contribution in [3.05, 3.63) is 53.6 Å². The Morgan fingerprint density at radius 3 is 2.80 bits per heavy atom. The van der Waals surface area contributed by atoms with E-state index in [1.54, 1.807) is 13.2 Å². The molecule has 4 nitrogen and oxygen atoms in total. The van der Waals surface area contributed by atoms with Crippen LogP contribution in [0.3, 0.4) is 0 Å². The average Bonchev–Trinajstić information content (AvgIpc) is 2.67. The second-order valence-electron chi connectivity index (χ2n) is 6.26. The molecule has 0 fully saturated rings. The zero-order valence-corrected chi connectivity index (χ0v) is 15.0. The molecule has 0 unspecified atom stereocenters. The predicted molar refractivity (Wildman–Crippen MR) is 99.8 cm³/mol. The lowest BCUT2D eigenvalue weighted by Crippen LogP contribution is -2.35. The van der Waals surface area contributed by atoms with E-state index in [4.69, 9.17) is 9.47 Å². The first-order valence-electron chi connectivity index (χ1n) is 8.95. The van der Waals surface area contributed by atoms with Crippen LogP contribution in [-0.4, -0.2) is 26.2 Å². The summed E-state index contributed by atoms with van der Waals surface area (Å²) in [5, 5.41) is 0. The quantitative estimate of drug-likeness (QED) is 0.729. The zero-order chi connectivity index (χ0) is 17.6. The number of benzene rings is 2. The minimum Gasteiger partial charge on any atom is -0.493 e. The van der Waals surface area contributed by atoms with Gasteiger partial charge in [0.05, 0.1) is 13.7 Å². The van der Waals surface area contributed by atoms with Crippen molar-refractivity contribution in [3.63, 3.8) is 0 Å². The van der Waals surface area contributed by atoms with Gasteiger partial charge in [-0.3, -0.25) is 4.79 Å². The number of hydrogen-bond acceptors (Lipinski definition) is 3. The molecule has 0 atom stereocenters. The number of anilines is 1. The van der Waals surface area contributed by atoms with E-state index < -0.39 is 0 Å². The first-order chi connectivity index (χ1) is 12.2. The van der Waals surface area contributed by atoms with Crippen LogP contribution in [0.15, 0.2) is 42.5 Å². The summed E-state index contributed by atoms with van der Waals surface area (Å²) in [6.45, 7) is 3.52. The highest BCUT2D eigenvalue weighted by molar-refractivity contribution is 6.07. The fraction of sp³-hybridized carbons (Fsp3) is 0.381. The number of hydrogen-bond donors (Lipinski definition) is 0. The number of methoxy groups -OCH3 is 1. The van der Waals surface area contributed by atoms with Crippen molar-refractivity contribution in [2.75, 3.05) is 25.2 Å². The molecular formula is C21H25NO3. The monoisotopic (exact) mass is 339 g/mol. The Morgan fingerprint density at radius 2 is 2.00 bits per heavy atom. The van der Waals surface area contributed by atoms with E-state index in [0.29, 0.717) is 23.7 Å². The molecule has 2 aromatic rings. The minimum atomic E-state index is 0.00515. The number of fused-ring (bicyclic) bond motifs is 1. The van der Waals surface area contributed by atoms with Crippen molar-refractivity contribution in [2.24, 2.45) is 0 Å². The maximum absolute atomic E-state index is 13.0. The molecule has 1 aliphatic heterocycles. The number of ether oxygens (including phenoxy) is 2. The summed E-state index contributed by atoms with van der Waals surface area (Å²) in [6, 6.07) is 13.6. The Morgan fingerprint density at radius 1 is 1.16 bits per heavy atom. The van der Waals surface area contributed by atoms with E-state index in [1.807, 2.05) is 35.2 Å². The Hall–Kier alpha value is -2.49. The molecule has 0 spiro atoms. The van der Waals surface area contributed by atoms with Crippen molar-refractivity contribution in [1.29, 1.82) is 0 Å². The summed E-state index contributed by atoms with van der Waals surface area (Å²) in [5.41, 5.74) is 2.87. The predicted octanol–water partition coefficient (Wildman–Crippen LogP) is 4.47. The number of rotatable bonds is 6. The summed E-state index contributed by atoms with van der Waals surface area (Å²) >= 11 is 0. The van der Waals surface area contributed by atoms with Crippen molar-refractivity contribution >= 4 is 11.6 Å². The molecule has 0 radical (unpaired) electrons. The second kappa shape index (κ2) is 8.06. The lowest BCUT2D eigenvalue weighted by atomic mass is 10.0. The van der Waals surface area contributed by atoms with Gasteiger partial charge in [0.25, 0.3) is 5.91 Å². The third-order valence-corrected chi connectivity index (χ3v) is 4.52. The van der Waals surface area contributed by atoms with E-state index in [1.165, 1.54) is 5.56 Å². The highest BCUT2D eigenvalue weighted by atomic mass is 16.5. The molecule has 1 aliphatic rings. The molecule has 1 heterocycles. The molecule has 2 aromatic carbocycles. The van der Waals surface area contributed by atoms with Gasteiger partial charge in [-0.2, -0.15) is 0 Å². The number of carbonyl (C=O) groups is 1. The fourth-order valence-corrected chi connectivity index (χ4v) is 3.15. The van der Waals surface area contributed by atoms with Gasteiger partial charge in [0.2, 0.25) is 0 Å². The summed E-state index contributed by atoms with van der Waals surface area (Å²) in [7, 11) is 1.60. The molecule has 3 rings (SSSR count). The van der Waals surface area contributed by atoms with Gasteiger partial charge in [0.15, 0.2) is 11.5 Å². The van der Waals surface area contributed by atoms with Gasteiger partial charge < -0.3 is 14.4 Å². The fourth-order valence-electron chi connectivity index (χ4n) is 3.15. The van der Waals surface area contributed by atoms with Crippen LogP contribution in [0, 0.1) is 0 Å². The van der Waals surface area contributed by atoms with Gasteiger partial charge in [0, 0.05) is 17.8 Å². The first kappa shape index (κ1) is 17.3. The average molecular weight is 339 g/mol. The molecule has 0 aliphatic carbocycles. The summed E-state index contributed by atoms with van der Waals surface area (Å²) < 4.78 is 11.2. The number of aryl methyl sites for hydroxylation is 1. The van der Waals surface area contributed by atoms with Gasteiger partial charge in [-0.25, -0.2) is 0 Å². The summed E-state index contributed by atoms with van der Waals surface area (Å²) in [6.07, 6.45) is 4.08. The third kappa shape index (κ3) is 3.78. The summed E-state index contributed by atoms with van der Waals surface area (Å²) in [5.74, 6) is 1.30. The Balaban J connectivity index is 1.83. The van der Waals surface area contributed by atoms with Crippen LogP contribution < -0.4 is 14.4 Å². The summed E-state index contributed by atoms with van der Waals surface area (Å²) in [4.78, 5) is 14.9. The third-order valence-electron chi connectivity index (χ3n) is 4.52. The van der Waals surface area contributed by atoms with Gasteiger partial charge in [-0.05, 0) is 49.1 Å². The van der Waals surface area contributed by atoms with Gasteiger partial charge in [-0.15, -0.1) is 0 Å². The molecule has 25 heavy (non-hydrogen) atoms. The van der Waals surface area contributed by atoms with E-state index in [0.717, 1.165) is 37.9 Å². The number of carbonyl (C=O) groups excluding carboxylic acids is 1. The molecule has 0 aromatic heterocycles. The van der Waals surface area contributed by atoms with Crippen LogP contribution in [0.25, 0.3) is 0 Å². The molecule has 4 heteroatoms. The second-order valence-corrected chi connectivity index (χ2v) is 6.26. The van der Waals surface area contributed by atoms with Crippen LogP contribution in [-0.2, 0) is 6.42 Å². The number of para-hydroxylation sites is 1. The topological polar surface area (TPSA) is 38.8 Å². The van der Waals surface area contributed by atoms with Crippen LogP contribution in [0.1, 0.15) is 42.1 Å². The highest BCUT2D eigenvalue weighted by Crippen LogP contribution is 2.32. The van der Waals surface area contributed by atoms with E-state index >= 15 is 0 Å².